The summed E-state index contributed by atoms with van der Waals surface area (Å²) in [5.74, 6) is 0.665. The summed E-state index contributed by atoms with van der Waals surface area (Å²) in [4.78, 5) is 24.3. The molecule has 0 atom stereocenters. The van der Waals surface area contributed by atoms with Gasteiger partial charge in [0.1, 0.15) is 0 Å². The molecule has 24 heavy (non-hydrogen) atoms. The van der Waals surface area contributed by atoms with E-state index >= 15 is 0 Å². The molecule has 1 aliphatic rings. The van der Waals surface area contributed by atoms with Gasteiger partial charge in [0.05, 0.1) is 5.69 Å². The first kappa shape index (κ1) is 14.9. The number of H-pyrrole nitrogens is 1. The van der Waals surface area contributed by atoms with Crippen molar-refractivity contribution in [2.24, 2.45) is 0 Å². The van der Waals surface area contributed by atoms with E-state index in [4.69, 9.17) is 4.98 Å². The largest absolute Gasteiger partial charge is 0.340 e. The zero-order valence-corrected chi connectivity index (χ0v) is 13.7. The zero-order chi connectivity index (χ0) is 16.5. The average molecular weight is 320 g/mol. The standard InChI is InChI=1S/C19H20N4O/c1-22-9-11-23(12-10-22)19-20-17(13-18(24)21-19)16-8-4-6-14-5-2-3-7-15(14)16/h2-8,13H,9-12H2,1H3,(H,20,21,24). The Morgan fingerprint density at radius 2 is 1.75 bits per heavy atom. The minimum atomic E-state index is -0.109. The molecule has 5 nitrogen and oxygen atoms in total. The van der Waals surface area contributed by atoms with Gasteiger partial charge in [-0.3, -0.25) is 9.78 Å². The Balaban J connectivity index is 1.80. The highest BCUT2D eigenvalue weighted by Gasteiger charge is 2.17. The lowest BCUT2D eigenvalue weighted by Gasteiger charge is -2.32. The van der Waals surface area contributed by atoms with Gasteiger partial charge in [-0.1, -0.05) is 42.5 Å². The van der Waals surface area contributed by atoms with E-state index in [0.717, 1.165) is 48.2 Å². The second-order valence-corrected chi connectivity index (χ2v) is 6.27. The Morgan fingerprint density at radius 3 is 2.58 bits per heavy atom. The molecule has 122 valence electrons. The number of fused-ring (bicyclic) bond motifs is 1. The summed E-state index contributed by atoms with van der Waals surface area (Å²) in [5.41, 5.74) is 1.61. The van der Waals surface area contributed by atoms with Crippen molar-refractivity contribution in [1.82, 2.24) is 14.9 Å². The molecular weight excluding hydrogens is 300 g/mol. The molecule has 0 unspecified atom stereocenters. The minimum Gasteiger partial charge on any atom is -0.340 e. The van der Waals surface area contributed by atoms with Gasteiger partial charge in [0.25, 0.3) is 5.56 Å². The molecule has 0 radical (unpaired) electrons. The molecule has 1 aromatic heterocycles. The summed E-state index contributed by atoms with van der Waals surface area (Å²) in [6.07, 6.45) is 0. The van der Waals surface area contributed by atoms with E-state index in [9.17, 15) is 4.79 Å². The molecule has 0 amide bonds. The van der Waals surface area contributed by atoms with Gasteiger partial charge in [0.2, 0.25) is 5.95 Å². The number of nitrogens with one attached hydrogen (secondary N) is 1. The SMILES string of the molecule is CN1CCN(c2nc(-c3cccc4ccccc34)cc(=O)[nH]2)CC1. The number of piperazine rings is 1. The summed E-state index contributed by atoms with van der Waals surface area (Å²) in [5, 5.41) is 2.26. The van der Waals surface area contributed by atoms with Gasteiger partial charge in [0.15, 0.2) is 0 Å². The fraction of sp³-hybridized carbons (Fsp3) is 0.263. The number of likely N-dealkylation sites (N-methyl/N-ethyl adjacent to an activating group) is 1. The van der Waals surface area contributed by atoms with Crippen molar-refractivity contribution in [3.05, 3.63) is 58.9 Å². The predicted octanol–water partition coefficient (Wildman–Crippen LogP) is 2.34. The Hall–Kier alpha value is -2.66. The van der Waals surface area contributed by atoms with Crippen LogP contribution in [0.1, 0.15) is 0 Å². The van der Waals surface area contributed by atoms with Gasteiger partial charge in [-0.15, -0.1) is 0 Å². The van der Waals surface area contributed by atoms with Gasteiger partial charge in [-0.2, -0.15) is 0 Å². The second kappa shape index (κ2) is 6.09. The van der Waals surface area contributed by atoms with Crippen molar-refractivity contribution in [3.63, 3.8) is 0 Å². The minimum absolute atomic E-state index is 0.109. The highest BCUT2D eigenvalue weighted by molar-refractivity contribution is 5.95. The Bertz CT molecular complexity index is 921. The quantitative estimate of drug-likeness (QED) is 0.787. The smallest absolute Gasteiger partial charge is 0.252 e. The third kappa shape index (κ3) is 2.78. The second-order valence-electron chi connectivity index (χ2n) is 6.27. The normalized spacial score (nSPS) is 15.8. The van der Waals surface area contributed by atoms with E-state index in [1.165, 1.54) is 0 Å². The first-order valence-electron chi connectivity index (χ1n) is 8.24. The molecule has 5 heteroatoms. The van der Waals surface area contributed by atoms with Crippen LogP contribution in [0.3, 0.4) is 0 Å². The van der Waals surface area contributed by atoms with E-state index in [2.05, 4.69) is 40.0 Å². The molecule has 2 heterocycles. The molecule has 1 saturated heterocycles. The fourth-order valence-corrected chi connectivity index (χ4v) is 3.20. The van der Waals surface area contributed by atoms with Gasteiger partial charge >= 0.3 is 0 Å². The molecule has 4 rings (SSSR count). The number of rotatable bonds is 2. The zero-order valence-electron chi connectivity index (χ0n) is 13.7. The molecule has 0 bridgehead atoms. The van der Waals surface area contributed by atoms with Crippen molar-refractivity contribution >= 4 is 16.7 Å². The number of aromatic nitrogens is 2. The maximum atomic E-state index is 12.2. The van der Waals surface area contributed by atoms with E-state index in [-0.39, 0.29) is 5.56 Å². The van der Waals surface area contributed by atoms with Gasteiger partial charge in [-0.25, -0.2) is 4.98 Å². The number of aromatic amines is 1. The van der Waals surface area contributed by atoms with Crippen LogP contribution in [0.4, 0.5) is 5.95 Å². The number of anilines is 1. The molecule has 3 aromatic rings. The van der Waals surface area contributed by atoms with Crippen molar-refractivity contribution in [2.75, 3.05) is 38.1 Å². The van der Waals surface area contributed by atoms with Crippen LogP contribution in [-0.4, -0.2) is 48.1 Å². The number of hydrogen-bond donors (Lipinski definition) is 1. The van der Waals surface area contributed by atoms with Gasteiger partial charge in [-0.05, 0) is 17.8 Å². The van der Waals surface area contributed by atoms with Crippen LogP contribution in [0, 0.1) is 0 Å². The van der Waals surface area contributed by atoms with E-state index in [0.29, 0.717) is 5.95 Å². The Morgan fingerprint density at radius 1 is 1.00 bits per heavy atom. The molecule has 2 aromatic carbocycles. The first-order valence-corrected chi connectivity index (χ1v) is 8.24. The number of benzene rings is 2. The highest BCUT2D eigenvalue weighted by Crippen LogP contribution is 2.27. The summed E-state index contributed by atoms with van der Waals surface area (Å²) in [6, 6.07) is 15.9. The molecule has 0 aliphatic carbocycles. The lowest BCUT2D eigenvalue weighted by molar-refractivity contribution is 0.311. The third-order valence-electron chi connectivity index (χ3n) is 4.60. The van der Waals surface area contributed by atoms with E-state index in [1.54, 1.807) is 6.07 Å². The van der Waals surface area contributed by atoms with Crippen molar-refractivity contribution in [1.29, 1.82) is 0 Å². The number of hydrogen-bond acceptors (Lipinski definition) is 4. The van der Waals surface area contributed by atoms with Crippen LogP contribution in [-0.2, 0) is 0 Å². The van der Waals surface area contributed by atoms with Gasteiger partial charge in [0, 0.05) is 37.8 Å². The summed E-state index contributed by atoms with van der Waals surface area (Å²) in [6.45, 7) is 3.70. The summed E-state index contributed by atoms with van der Waals surface area (Å²) >= 11 is 0. The van der Waals surface area contributed by atoms with Gasteiger partial charge < -0.3 is 9.80 Å². The molecule has 1 N–H and O–H groups in total. The van der Waals surface area contributed by atoms with Crippen molar-refractivity contribution < 1.29 is 0 Å². The third-order valence-corrected chi connectivity index (χ3v) is 4.60. The van der Waals surface area contributed by atoms with E-state index in [1.807, 2.05) is 24.3 Å². The average Bonchev–Trinajstić information content (AvgIpc) is 2.61. The predicted molar refractivity (Wildman–Crippen MR) is 97.5 cm³/mol. The Labute approximate surface area is 140 Å². The van der Waals surface area contributed by atoms with Crippen LogP contribution >= 0.6 is 0 Å². The lowest BCUT2D eigenvalue weighted by atomic mass is 10.0. The monoisotopic (exact) mass is 320 g/mol. The Kier molecular flexibility index (Phi) is 3.78. The molecule has 0 spiro atoms. The molecular formula is C19H20N4O. The van der Waals surface area contributed by atoms with Crippen LogP contribution in [0.2, 0.25) is 0 Å². The summed E-state index contributed by atoms with van der Waals surface area (Å²) in [7, 11) is 2.11. The first-order chi connectivity index (χ1) is 11.7. The van der Waals surface area contributed by atoms with Crippen molar-refractivity contribution in [2.45, 2.75) is 0 Å². The fourth-order valence-electron chi connectivity index (χ4n) is 3.20. The van der Waals surface area contributed by atoms with Crippen LogP contribution in [0.25, 0.3) is 22.0 Å². The number of nitrogens with zero attached hydrogens (tertiary/aromatic N) is 3. The molecule has 0 saturated carbocycles. The van der Waals surface area contributed by atoms with Crippen LogP contribution in [0.15, 0.2) is 53.3 Å². The molecule has 1 aliphatic heterocycles. The maximum Gasteiger partial charge on any atom is 0.252 e. The lowest BCUT2D eigenvalue weighted by Crippen LogP contribution is -2.45. The summed E-state index contributed by atoms with van der Waals surface area (Å²) < 4.78 is 0. The maximum absolute atomic E-state index is 12.2. The van der Waals surface area contributed by atoms with E-state index < -0.39 is 0 Å². The highest BCUT2D eigenvalue weighted by atomic mass is 16.1. The molecule has 1 fully saturated rings. The topological polar surface area (TPSA) is 52.2 Å². The van der Waals surface area contributed by atoms with Crippen LogP contribution in [0.5, 0.6) is 0 Å². The van der Waals surface area contributed by atoms with Crippen molar-refractivity contribution in [3.8, 4) is 11.3 Å². The van der Waals surface area contributed by atoms with Crippen LogP contribution < -0.4 is 10.5 Å².